The molecule has 3 aromatic rings. The molecule has 6 nitrogen and oxygen atoms in total. The second kappa shape index (κ2) is 10.1. The largest absolute Gasteiger partial charge is 0.534 e. The molecule has 3 rings (SSSR count). The van der Waals surface area contributed by atoms with Crippen LogP contribution in [-0.4, -0.2) is 23.9 Å². The van der Waals surface area contributed by atoms with E-state index in [4.69, 9.17) is 4.74 Å². The van der Waals surface area contributed by atoms with E-state index < -0.39 is 33.1 Å². The van der Waals surface area contributed by atoms with E-state index in [1.165, 1.54) is 24.5 Å². The van der Waals surface area contributed by atoms with Crippen LogP contribution in [0.1, 0.15) is 19.4 Å². The van der Waals surface area contributed by atoms with Crippen molar-refractivity contribution >= 4 is 10.1 Å². The third kappa shape index (κ3) is 6.57. The Kier molecular flexibility index (Phi) is 7.90. The molecule has 0 saturated heterocycles. The van der Waals surface area contributed by atoms with Crippen molar-refractivity contribution in [3.05, 3.63) is 66.5 Å². The van der Waals surface area contributed by atoms with Crippen molar-refractivity contribution in [1.29, 1.82) is 0 Å². The fraction of sp³-hybridized carbons (Fsp3) is 0.200. The van der Waals surface area contributed by atoms with Gasteiger partial charge in [0.1, 0.15) is 17.2 Å². The average molecular weight is 494 g/mol. The van der Waals surface area contributed by atoms with Gasteiger partial charge in [0.2, 0.25) is 5.88 Å². The zero-order valence-electron chi connectivity index (χ0n) is 17.0. The average Bonchev–Trinajstić information content (AvgIpc) is 2.75. The molecule has 0 aliphatic rings. The van der Waals surface area contributed by atoms with Gasteiger partial charge in [0.15, 0.2) is 0 Å². The van der Waals surface area contributed by atoms with Crippen molar-refractivity contribution < 1.29 is 43.7 Å². The van der Waals surface area contributed by atoms with E-state index in [2.05, 4.69) is 14.2 Å². The van der Waals surface area contributed by atoms with Crippen LogP contribution in [0.3, 0.4) is 0 Å². The quantitative estimate of drug-likeness (QED) is 0.238. The molecule has 0 spiro atoms. The molecule has 0 saturated carbocycles. The fourth-order valence-corrected chi connectivity index (χ4v) is 2.72. The lowest BCUT2D eigenvalue weighted by Gasteiger charge is -2.12. The number of nitrogens with zero attached hydrogens (tertiary/aromatic N) is 2. The van der Waals surface area contributed by atoms with Crippen LogP contribution in [-0.2, 0) is 16.3 Å². The van der Waals surface area contributed by atoms with Crippen molar-refractivity contribution in [1.82, 2.24) is 9.97 Å². The van der Waals surface area contributed by atoms with Gasteiger partial charge in [0.05, 0.1) is 5.56 Å². The second-order valence-corrected chi connectivity index (χ2v) is 7.38. The molecule has 0 aliphatic heterocycles. The first-order valence-corrected chi connectivity index (χ1v) is 10.5. The van der Waals surface area contributed by atoms with Crippen LogP contribution in [0.5, 0.6) is 17.4 Å². The van der Waals surface area contributed by atoms with Crippen molar-refractivity contribution in [2.45, 2.75) is 25.5 Å². The summed E-state index contributed by atoms with van der Waals surface area (Å²) >= 11 is 0. The monoisotopic (exact) mass is 494 g/mol. The SMILES string of the molecule is CC.O=S(=O)(Oc1ccc(-c2nccnc2Oc2ccc(C(F)(F)F)cc2)cc1)C(F)(F)F. The van der Waals surface area contributed by atoms with Crippen LogP contribution in [0.15, 0.2) is 60.9 Å². The molecule has 1 heterocycles. The molecule has 0 atom stereocenters. The minimum absolute atomic E-state index is 0.0333. The highest BCUT2D eigenvalue weighted by Gasteiger charge is 2.48. The maximum atomic E-state index is 12.7. The summed E-state index contributed by atoms with van der Waals surface area (Å²) in [7, 11) is -5.82. The van der Waals surface area contributed by atoms with Crippen molar-refractivity contribution in [3.63, 3.8) is 0 Å². The standard InChI is InChI=1S/C18H10F6N2O4S.C2H6/c19-17(20,21)12-3-7-13(8-4-12)29-16-15(25-9-10-26-16)11-1-5-14(6-2-11)30-31(27,28)18(22,23)24;1-2/h1-10H;1-2H3. The molecule has 0 aliphatic carbocycles. The van der Waals surface area contributed by atoms with Gasteiger partial charge in [0.25, 0.3) is 0 Å². The Hall–Kier alpha value is -3.35. The highest BCUT2D eigenvalue weighted by Crippen LogP contribution is 2.34. The number of hydrogen-bond donors (Lipinski definition) is 0. The Morgan fingerprint density at radius 2 is 1.27 bits per heavy atom. The number of alkyl halides is 6. The topological polar surface area (TPSA) is 78.4 Å². The van der Waals surface area contributed by atoms with Crippen molar-refractivity contribution in [3.8, 4) is 28.6 Å². The van der Waals surface area contributed by atoms with Crippen LogP contribution in [0.2, 0.25) is 0 Å². The molecule has 1 aromatic heterocycles. The first kappa shape index (κ1) is 25.9. The predicted molar refractivity (Wildman–Crippen MR) is 106 cm³/mol. The van der Waals surface area contributed by atoms with Crippen LogP contribution >= 0.6 is 0 Å². The third-order valence-corrected chi connectivity index (χ3v) is 4.66. The molecule has 0 amide bonds. The Bertz CT molecular complexity index is 1160. The van der Waals surface area contributed by atoms with Crippen molar-refractivity contribution in [2.75, 3.05) is 0 Å². The molecule has 0 fully saturated rings. The summed E-state index contributed by atoms with van der Waals surface area (Å²) in [6.45, 7) is 4.00. The first-order valence-electron chi connectivity index (χ1n) is 9.14. The summed E-state index contributed by atoms with van der Waals surface area (Å²) in [6.07, 6.45) is -1.97. The van der Waals surface area contributed by atoms with Gasteiger partial charge in [-0.2, -0.15) is 34.8 Å². The summed E-state index contributed by atoms with van der Waals surface area (Å²) < 4.78 is 107. The Labute approximate surface area is 185 Å². The maximum absolute atomic E-state index is 12.7. The molecule has 178 valence electrons. The molecule has 0 unspecified atom stereocenters. The number of aromatic nitrogens is 2. The minimum atomic E-state index is -5.82. The zero-order chi connectivity index (χ0) is 24.9. The summed E-state index contributed by atoms with van der Waals surface area (Å²) in [6, 6.07) is 8.16. The van der Waals surface area contributed by atoms with Gasteiger partial charge in [-0.1, -0.05) is 13.8 Å². The first-order chi connectivity index (χ1) is 15.4. The van der Waals surface area contributed by atoms with E-state index >= 15 is 0 Å². The lowest BCUT2D eigenvalue weighted by Crippen LogP contribution is -2.28. The lowest BCUT2D eigenvalue weighted by atomic mass is 10.1. The van der Waals surface area contributed by atoms with Gasteiger partial charge in [-0.05, 0) is 48.5 Å². The molecular formula is C20H16F6N2O4S. The number of hydrogen-bond acceptors (Lipinski definition) is 6. The van der Waals surface area contributed by atoms with E-state index in [0.717, 1.165) is 36.4 Å². The van der Waals surface area contributed by atoms with E-state index in [1.807, 2.05) is 13.8 Å². The van der Waals surface area contributed by atoms with E-state index in [9.17, 15) is 34.8 Å². The van der Waals surface area contributed by atoms with Crippen LogP contribution in [0.4, 0.5) is 26.3 Å². The van der Waals surface area contributed by atoms with E-state index in [0.29, 0.717) is 0 Å². The number of ether oxygens (including phenoxy) is 1. The normalized spacial score (nSPS) is 11.9. The van der Waals surface area contributed by atoms with Gasteiger partial charge in [-0.15, -0.1) is 0 Å². The molecule has 0 radical (unpaired) electrons. The van der Waals surface area contributed by atoms with Crippen LogP contribution < -0.4 is 8.92 Å². The van der Waals surface area contributed by atoms with E-state index in [-0.39, 0.29) is 22.9 Å². The lowest BCUT2D eigenvalue weighted by molar-refractivity contribution is -0.137. The Morgan fingerprint density at radius 1 is 0.758 bits per heavy atom. The number of benzene rings is 2. The second-order valence-electron chi connectivity index (χ2n) is 5.84. The highest BCUT2D eigenvalue weighted by molar-refractivity contribution is 7.88. The third-order valence-electron chi connectivity index (χ3n) is 3.68. The highest BCUT2D eigenvalue weighted by atomic mass is 32.2. The number of rotatable bonds is 5. The van der Waals surface area contributed by atoms with Gasteiger partial charge in [-0.25, -0.2) is 9.97 Å². The molecule has 0 N–H and O–H groups in total. The molecule has 0 bridgehead atoms. The zero-order valence-corrected chi connectivity index (χ0v) is 17.8. The summed E-state index contributed by atoms with van der Waals surface area (Å²) in [5, 5.41) is 0. The van der Waals surface area contributed by atoms with E-state index in [1.54, 1.807) is 0 Å². The van der Waals surface area contributed by atoms with Gasteiger partial charge in [0, 0.05) is 18.0 Å². The maximum Gasteiger partial charge on any atom is 0.534 e. The Balaban J connectivity index is 0.00000187. The summed E-state index contributed by atoms with van der Waals surface area (Å²) in [4.78, 5) is 7.99. The number of halogens is 6. The molecule has 13 heteroatoms. The predicted octanol–water partition coefficient (Wildman–Crippen LogP) is 6.21. The van der Waals surface area contributed by atoms with Crippen LogP contribution in [0, 0.1) is 0 Å². The summed E-state index contributed by atoms with van der Waals surface area (Å²) in [5.41, 5.74) is -6.08. The van der Waals surface area contributed by atoms with Crippen LogP contribution in [0.25, 0.3) is 11.3 Å². The fourth-order valence-electron chi connectivity index (χ4n) is 2.26. The molecular weight excluding hydrogens is 478 g/mol. The van der Waals surface area contributed by atoms with Gasteiger partial charge in [-0.3, -0.25) is 0 Å². The Morgan fingerprint density at radius 3 is 1.79 bits per heavy atom. The smallest absolute Gasteiger partial charge is 0.437 e. The van der Waals surface area contributed by atoms with Gasteiger partial charge >= 0.3 is 21.8 Å². The van der Waals surface area contributed by atoms with Gasteiger partial charge < -0.3 is 8.92 Å². The molecule has 33 heavy (non-hydrogen) atoms. The van der Waals surface area contributed by atoms with Crippen molar-refractivity contribution in [2.24, 2.45) is 0 Å². The minimum Gasteiger partial charge on any atom is -0.437 e. The summed E-state index contributed by atoms with van der Waals surface area (Å²) in [5.74, 6) is -0.653. The molecule has 2 aromatic carbocycles.